The molecule has 2 heterocycles. The Morgan fingerprint density at radius 2 is 2.10 bits per heavy atom. The van der Waals surface area contributed by atoms with E-state index in [4.69, 9.17) is 0 Å². The molecular formula is C15H17FN4O. The van der Waals surface area contributed by atoms with E-state index in [1.807, 2.05) is 4.90 Å². The van der Waals surface area contributed by atoms with Gasteiger partial charge in [-0.1, -0.05) is 17.3 Å². The topological polar surface area (TPSA) is 51.0 Å². The van der Waals surface area contributed by atoms with Gasteiger partial charge in [0.2, 0.25) is 5.91 Å². The van der Waals surface area contributed by atoms with E-state index < -0.39 is 0 Å². The van der Waals surface area contributed by atoms with E-state index >= 15 is 0 Å². The molecule has 6 heteroatoms. The molecule has 1 aliphatic rings. The molecule has 1 atom stereocenters. The van der Waals surface area contributed by atoms with E-state index in [0.717, 1.165) is 31.4 Å². The number of nitrogens with zero attached hydrogens (tertiary/aromatic N) is 4. The minimum atomic E-state index is -0.255. The second-order valence-electron chi connectivity index (χ2n) is 5.25. The van der Waals surface area contributed by atoms with E-state index in [0.29, 0.717) is 0 Å². The second-order valence-corrected chi connectivity index (χ2v) is 5.25. The van der Waals surface area contributed by atoms with Crippen LogP contribution < -0.4 is 0 Å². The van der Waals surface area contributed by atoms with Crippen molar-refractivity contribution in [1.82, 2.24) is 19.9 Å². The van der Waals surface area contributed by atoms with Crippen molar-refractivity contribution >= 4 is 5.91 Å². The lowest BCUT2D eigenvalue weighted by Crippen LogP contribution is -2.40. The molecule has 2 aromatic rings. The number of aromatic nitrogens is 3. The van der Waals surface area contributed by atoms with Crippen LogP contribution in [0.3, 0.4) is 0 Å². The van der Waals surface area contributed by atoms with Crippen LogP contribution in [0.25, 0.3) is 0 Å². The molecule has 110 valence electrons. The Balaban J connectivity index is 1.77. The SMILES string of the molecule is O=C(Cn1ccnn1)N1CCCCC1c1ccc(F)cc1. The average Bonchev–Trinajstić information content (AvgIpc) is 3.01. The highest BCUT2D eigenvalue weighted by Crippen LogP contribution is 2.31. The van der Waals surface area contributed by atoms with Crippen molar-refractivity contribution in [3.63, 3.8) is 0 Å². The summed E-state index contributed by atoms with van der Waals surface area (Å²) in [5.74, 6) is -0.232. The maximum atomic E-state index is 13.1. The normalized spacial score (nSPS) is 18.7. The zero-order valence-electron chi connectivity index (χ0n) is 11.7. The van der Waals surface area contributed by atoms with Gasteiger partial charge in [-0.25, -0.2) is 9.07 Å². The standard InChI is InChI=1S/C15H17FN4O/c16-13-6-4-12(5-7-13)14-3-1-2-9-20(14)15(21)11-19-10-8-17-18-19/h4-8,10,14H,1-3,9,11H2. The minimum absolute atomic E-state index is 0.0227. The summed E-state index contributed by atoms with van der Waals surface area (Å²) in [6, 6.07) is 6.45. The lowest BCUT2D eigenvalue weighted by molar-refractivity contribution is -0.136. The minimum Gasteiger partial charge on any atom is -0.334 e. The van der Waals surface area contributed by atoms with Crippen LogP contribution in [0.15, 0.2) is 36.7 Å². The van der Waals surface area contributed by atoms with E-state index in [9.17, 15) is 9.18 Å². The molecular weight excluding hydrogens is 271 g/mol. The van der Waals surface area contributed by atoms with Crippen LogP contribution in [0.4, 0.5) is 4.39 Å². The summed E-state index contributed by atoms with van der Waals surface area (Å²) >= 11 is 0. The second kappa shape index (κ2) is 6.03. The van der Waals surface area contributed by atoms with Gasteiger partial charge in [0.05, 0.1) is 12.2 Å². The molecule has 21 heavy (non-hydrogen) atoms. The Labute approximate surface area is 122 Å². The predicted molar refractivity (Wildman–Crippen MR) is 74.7 cm³/mol. The highest BCUT2D eigenvalue weighted by Gasteiger charge is 2.28. The highest BCUT2D eigenvalue weighted by molar-refractivity contribution is 5.76. The highest BCUT2D eigenvalue weighted by atomic mass is 19.1. The first-order chi connectivity index (χ1) is 10.2. The van der Waals surface area contributed by atoms with E-state index in [-0.39, 0.29) is 24.3 Å². The fourth-order valence-electron chi connectivity index (χ4n) is 2.81. The molecule has 0 spiro atoms. The molecule has 1 aromatic carbocycles. The Morgan fingerprint density at radius 1 is 1.29 bits per heavy atom. The number of carbonyl (C=O) groups is 1. The fourth-order valence-corrected chi connectivity index (χ4v) is 2.81. The number of piperidine rings is 1. The molecule has 3 rings (SSSR count). The predicted octanol–water partition coefficient (Wildman–Crippen LogP) is 2.17. The van der Waals surface area contributed by atoms with Crippen LogP contribution in [-0.4, -0.2) is 32.3 Å². The summed E-state index contributed by atoms with van der Waals surface area (Å²) < 4.78 is 14.6. The van der Waals surface area contributed by atoms with Gasteiger partial charge in [0, 0.05) is 12.7 Å². The Hall–Kier alpha value is -2.24. The summed E-state index contributed by atoms with van der Waals surface area (Å²) in [4.78, 5) is 14.4. The van der Waals surface area contributed by atoms with Crippen LogP contribution in [0.5, 0.6) is 0 Å². The number of hydrogen-bond donors (Lipinski definition) is 0. The third-order valence-electron chi connectivity index (χ3n) is 3.85. The quantitative estimate of drug-likeness (QED) is 0.869. The van der Waals surface area contributed by atoms with Crippen LogP contribution in [-0.2, 0) is 11.3 Å². The van der Waals surface area contributed by atoms with Crippen molar-refractivity contribution in [2.75, 3.05) is 6.54 Å². The molecule has 0 bridgehead atoms. The van der Waals surface area contributed by atoms with Crippen molar-refractivity contribution in [3.05, 3.63) is 48.0 Å². The van der Waals surface area contributed by atoms with E-state index in [1.165, 1.54) is 16.8 Å². The molecule has 1 aromatic heterocycles. The number of likely N-dealkylation sites (tertiary alicyclic amines) is 1. The van der Waals surface area contributed by atoms with E-state index in [2.05, 4.69) is 10.3 Å². The maximum absolute atomic E-state index is 13.1. The molecule has 1 fully saturated rings. The van der Waals surface area contributed by atoms with Gasteiger partial charge in [-0.3, -0.25) is 4.79 Å². The van der Waals surface area contributed by atoms with Gasteiger partial charge >= 0.3 is 0 Å². The van der Waals surface area contributed by atoms with Crippen LogP contribution in [0.2, 0.25) is 0 Å². The summed E-state index contributed by atoms with van der Waals surface area (Å²) in [6.07, 6.45) is 6.22. The molecule has 5 nitrogen and oxygen atoms in total. The summed E-state index contributed by atoms with van der Waals surface area (Å²) in [7, 11) is 0. The molecule has 0 aliphatic carbocycles. The zero-order valence-corrected chi connectivity index (χ0v) is 11.7. The third-order valence-corrected chi connectivity index (χ3v) is 3.85. The number of rotatable bonds is 3. The summed E-state index contributed by atoms with van der Waals surface area (Å²) in [6.45, 7) is 0.924. The maximum Gasteiger partial charge on any atom is 0.244 e. The molecule has 1 amide bonds. The smallest absolute Gasteiger partial charge is 0.244 e. The molecule has 0 N–H and O–H groups in total. The van der Waals surface area contributed by atoms with Gasteiger partial charge in [-0.15, -0.1) is 5.10 Å². The summed E-state index contributed by atoms with van der Waals surface area (Å²) in [5.41, 5.74) is 0.989. The Morgan fingerprint density at radius 3 is 2.81 bits per heavy atom. The Bertz CT molecular complexity index is 597. The van der Waals surface area contributed by atoms with Gasteiger partial charge in [-0.05, 0) is 37.0 Å². The van der Waals surface area contributed by atoms with Crippen LogP contribution >= 0.6 is 0 Å². The first-order valence-electron chi connectivity index (χ1n) is 7.13. The number of amides is 1. The van der Waals surface area contributed by atoms with Crippen LogP contribution in [0, 0.1) is 5.82 Å². The lowest BCUT2D eigenvalue weighted by Gasteiger charge is -2.36. The molecule has 0 radical (unpaired) electrons. The van der Waals surface area contributed by atoms with Gasteiger partial charge in [0.1, 0.15) is 12.4 Å². The number of carbonyl (C=O) groups excluding carboxylic acids is 1. The molecule has 1 saturated heterocycles. The first-order valence-corrected chi connectivity index (χ1v) is 7.13. The number of benzene rings is 1. The van der Waals surface area contributed by atoms with Crippen molar-refractivity contribution in [1.29, 1.82) is 0 Å². The molecule has 1 unspecified atom stereocenters. The molecule has 0 saturated carbocycles. The van der Waals surface area contributed by atoms with Crippen molar-refractivity contribution in [2.45, 2.75) is 31.8 Å². The number of hydrogen-bond acceptors (Lipinski definition) is 3. The van der Waals surface area contributed by atoms with Gasteiger partial charge in [0.15, 0.2) is 0 Å². The summed E-state index contributed by atoms with van der Waals surface area (Å²) in [5, 5.41) is 7.54. The van der Waals surface area contributed by atoms with Gasteiger partial charge in [0.25, 0.3) is 0 Å². The van der Waals surface area contributed by atoms with Crippen molar-refractivity contribution in [2.24, 2.45) is 0 Å². The monoisotopic (exact) mass is 288 g/mol. The van der Waals surface area contributed by atoms with Crippen molar-refractivity contribution < 1.29 is 9.18 Å². The Kier molecular flexibility index (Phi) is 3.94. The average molecular weight is 288 g/mol. The van der Waals surface area contributed by atoms with Gasteiger partial charge < -0.3 is 4.90 Å². The number of halogens is 1. The van der Waals surface area contributed by atoms with Gasteiger partial charge in [-0.2, -0.15) is 0 Å². The fraction of sp³-hybridized carbons (Fsp3) is 0.400. The largest absolute Gasteiger partial charge is 0.334 e. The van der Waals surface area contributed by atoms with Crippen LogP contribution in [0.1, 0.15) is 30.9 Å². The van der Waals surface area contributed by atoms with Crippen molar-refractivity contribution in [3.8, 4) is 0 Å². The molecule has 1 aliphatic heterocycles. The lowest BCUT2D eigenvalue weighted by atomic mass is 9.95. The zero-order chi connectivity index (χ0) is 14.7. The van der Waals surface area contributed by atoms with E-state index in [1.54, 1.807) is 24.5 Å². The third kappa shape index (κ3) is 3.09. The first kappa shape index (κ1) is 13.7.